The molecule has 2 aromatic carbocycles. The molecule has 6 nitrogen and oxygen atoms in total. The molecule has 0 bridgehead atoms. The van der Waals surface area contributed by atoms with Crippen molar-refractivity contribution in [1.29, 1.82) is 0 Å². The van der Waals surface area contributed by atoms with Crippen LogP contribution in [-0.2, 0) is 0 Å². The van der Waals surface area contributed by atoms with Gasteiger partial charge in [0.05, 0.1) is 11.5 Å². The lowest BCUT2D eigenvalue weighted by Crippen LogP contribution is -2.10. The van der Waals surface area contributed by atoms with Gasteiger partial charge in [0.1, 0.15) is 24.7 Å². The van der Waals surface area contributed by atoms with Crippen molar-refractivity contribution in [2.45, 2.75) is 6.92 Å². The van der Waals surface area contributed by atoms with E-state index in [1.165, 1.54) is 6.07 Å². The van der Waals surface area contributed by atoms with Crippen LogP contribution in [0.25, 0.3) is 0 Å². The lowest BCUT2D eigenvalue weighted by molar-refractivity contribution is -0.730. The van der Waals surface area contributed by atoms with Gasteiger partial charge in [-0.1, -0.05) is 18.2 Å². The molecule has 2 aromatic rings. The Labute approximate surface area is 128 Å². The molecule has 0 radical (unpaired) electrons. The summed E-state index contributed by atoms with van der Waals surface area (Å²) in [5.41, 5.74) is 0.0563. The van der Waals surface area contributed by atoms with E-state index in [1.54, 1.807) is 24.3 Å². The maximum atomic E-state index is 11.0. The van der Waals surface area contributed by atoms with Crippen molar-refractivity contribution < 1.29 is 24.3 Å². The first-order chi connectivity index (χ1) is 10.7. The number of para-hydroxylation sites is 2. The highest BCUT2D eigenvalue weighted by molar-refractivity contribution is 5.45. The van der Waals surface area contributed by atoms with E-state index in [-0.39, 0.29) is 17.2 Å². The summed E-state index contributed by atoms with van der Waals surface area (Å²) < 4.78 is 16.4. The zero-order valence-corrected chi connectivity index (χ0v) is 12.3. The lowest BCUT2D eigenvalue weighted by atomic mass is 10.3. The largest absolute Gasteiger partial charge is 0.494 e. The molecule has 0 aromatic heterocycles. The molecule has 1 N–H and O–H groups in total. The van der Waals surface area contributed by atoms with Gasteiger partial charge >= 0.3 is 5.69 Å². The van der Waals surface area contributed by atoms with Crippen molar-refractivity contribution in [3.05, 3.63) is 53.4 Å². The molecule has 0 amide bonds. The number of hydrogen-bond donors (Lipinski definition) is 1. The second-order valence-corrected chi connectivity index (χ2v) is 4.35. The SMILES string of the molecule is CCOc1cccc(OCCOc2ccccc2[N+](=O)O)c1. The standard InChI is InChI=1S/C16H18NO5/c1-2-20-13-6-5-7-14(12-13)21-10-11-22-16-9-4-3-8-15(16)17(18)19/h3-9,12H,2,10-11H2,1H3,(H,18,19)/q+1. The molecule has 0 saturated carbocycles. The first-order valence-corrected chi connectivity index (χ1v) is 6.94. The fourth-order valence-electron chi connectivity index (χ4n) is 1.87. The van der Waals surface area contributed by atoms with Crippen molar-refractivity contribution in [1.82, 2.24) is 0 Å². The summed E-state index contributed by atoms with van der Waals surface area (Å²) in [6.07, 6.45) is 0. The van der Waals surface area contributed by atoms with Gasteiger partial charge < -0.3 is 14.2 Å². The van der Waals surface area contributed by atoms with Crippen LogP contribution in [0.3, 0.4) is 0 Å². The van der Waals surface area contributed by atoms with Crippen molar-refractivity contribution >= 4 is 5.69 Å². The quantitative estimate of drug-likeness (QED) is 0.598. The number of benzene rings is 2. The Kier molecular flexibility index (Phi) is 5.59. The monoisotopic (exact) mass is 304 g/mol. The lowest BCUT2D eigenvalue weighted by Gasteiger charge is -2.09. The van der Waals surface area contributed by atoms with Crippen LogP contribution in [0.1, 0.15) is 6.92 Å². The van der Waals surface area contributed by atoms with Crippen molar-refractivity contribution in [3.63, 3.8) is 0 Å². The number of hydrogen-bond acceptors (Lipinski definition) is 4. The van der Waals surface area contributed by atoms with Gasteiger partial charge in [0, 0.05) is 12.1 Å². The van der Waals surface area contributed by atoms with Crippen LogP contribution in [0, 0.1) is 4.91 Å². The molecule has 0 spiro atoms. The van der Waals surface area contributed by atoms with E-state index in [0.717, 1.165) is 5.75 Å². The summed E-state index contributed by atoms with van der Waals surface area (Å²) in [5.74, 6) is 1.72. The summed E-state index contributed by atoms with van der Waals surface area (Å²) >= 11 is 0. The zero-order chi connectivity index (χ0) is 15.8. The van der Waals surface area contributed by atoms with Gasteiger partial charge in [0.2, 0.25) is 5.75 Å². The number of nitrogens with zero attached hydrogens (tertiary/aromatic N) is 1. The highest BCUT2D eigenvalue weighted by atomic mass is 16.6. The minimum atomic E-state index is -0.220. The van der Waals surface area contributed by atoms with Gasteiger partial charge in [0.15, 0.2) is 0 Å². The second kappa shape index (κ2) is 7.87. The van der Waals surface area contributed by atoms with Crippen molar-refractivity contribution in [2.24, 2.45) is 0 Å². The van der Waals surface area contributed by atoms with Gasteiger partial charge in [-0.25, -0.2) is 5.21 Å². The second-order valence-electron chi connectivity index (χ2n) is 4.35. The van der Waals surface area contributed by atoms with Crippen LogP contribution >= 0.6 is 0 Å². The van der Waals surface area contributed by atoms with E-state index < -0.39 is 0 Å². The molecule has 0 fully saturated rings. The van der Waals surface area contributed by atoms with E-state index in [0.29, 0.717) is 24.7 Å². The Morgan fingerprint density at radius 1 is 0.955 bits per heavy atom. The predicted molar refractivity (Wildman–Crippen MR) is 80.1 cm³/mol. The fourth-order valence-corrected chi connectivity index (χ4v) is 1.87. The van der Waals surface area contributed by atoms with Crippen molar-refractivity contribution in [2.75, 3.05) is 19.8 Å². The molecule has 0 saturated heterocycles. The Morgan fingerprint density at radius 2 is 1.64 bits per heavy atom. The highest BCUT2D eigenvalue weighted by Crippen LogP contribution is 2.25. The summed E-state index contributed by atoms with van der Waals surface area (Å²) in [7, 11) is 0. The summed E-state index contributed by atoms with van der Waals surface area (Å²) in [6.45, 7) is 3.05. The van der Waals surface area contributed by atoms with Crippen LogP contribution in [0.2, 0.25) is 0 Å². The van der Waals surface area contributed by atoms with E-state index in [1.807, 2.05) is 25.1 Å². The minimum absolute atomic E-state index is 0.0563. The zero-order valence-electron chi connectivity index (χ0n) is 12.3. The predicted octanol–water partition coefficient (Wildman–Crippen LogP) is 3.34. The van der Waals surface area contributed by atoms with Crippen LogP contribution < -0.4 is 14.2 Å². The van der Waals surface area contributed by atoms with Crippen LogP contribution in [0.15, 0.2) is 48.5 Å². The molecule has 6 heteroatoms. The van der Waals surface area contributed by atoms with Gasteiger partial charge in [-0.15, -0.1) is 0 Å². The summed E-state index contributed by atoms with van der Waals surface area (Å²) in [4.78, 5) is 10.7. The molecule has 2 rings (SSSR count). The summed E-state index contributed by atoms with van der Waals surface area (Å²) in [6, 6.07) is 13.7. The third kappa shape index (κ3) is 4.37. The molecule has 0 aliphatic heterocycles. The normalized spacial score (nSPS) is 10.0. The third-order valence-electron chi connectivity index (χ3n) is 2.80. The first kappa shape index (κ1) is 15.6. The Bertz CT molecular complexity index is 629. The van der Waals surface area contributed by atoms with Gasteiger partial charge in [-0.3, -0.25) is 0 Å². The third-order valence-corrected chi connectivity index (χ3v) is 2.80. The molecule has 22 heavy (non-hydrogen) atoms. The van der Waals surface area contributed by atoms with Crippen molar-refractivity contribution in [3.8, 4) is 17.2 Å². The smallest absolute Gasteiger partial charge is 0.357 e. The summed E-state index contributed by atoms with van der Waals surface area (Å²) in [5, 5.41) is 8.97. The maximum absolute atomic E-state index is 11.0. The molecule has 0 aliphatic rings. The van der Waals surface area contributed by atoms with E-state index in [2.05, 4.69) is 0 Å². The van der Waals surface area contributed by atoms with Gasteiger partial charge in [-0.2, -0.15) is 0 Å². The Balaban J connectivity index is 1.85. The minimum Gasteiger partial charge on any atom is -0.494 e. The molecule has 0 aliphatic carbocycles. The van der Waals surface area contributed by atoms with Crippen LogP contribution in [0.5, 0.6) is 17.2 Å². The van der Waals surface area contributed by atoms with Gasteiger partial charge in [0.25, 0.3) is 4.92 Å². The van der Waals surface area contributed by atoms with E-state index in [4.69, 9.17) is 19.4 Å². The average Bonchev–Trinajstić information content (AvgIpc) is 2.52. The van der Waals surface area contributed by atoms with Gasteiger partial charge in [-0.05, 0) is 25.1 Å². The average molecular weight is 304 g/mol. The molecule has 0 unspecified atom stereocenters. The number of rotatable bonds is 8. The highest BCUT2D eigenvalue weighted by Gasteiger charge is 2.18. The number of ether oxygens (including phenoxy) is 3. The Morgan fingerprint density at radius 3 is 2.36 bits per heavy atom. The Hall–Kier alpha value is -2.76. The molecular weight excluding hydrogens is 286 g/mol. The topological polar surface area (TPSA) is 68.0 Å². The maximum Gasteiger partial charge on any atom is 0.357 e. The van der Waals surface area contributed by atoms with Crippen LogP contribution in [0.4, 0.5) is 5.69 Å². The van der Waals surface area contributed by atoms with E-state index >= 15 is 0 Å². The fraction of sp³-hybridized carbons (Fsp3) is 0.250. The molecule has 0 atom stereocenters. The molecular formula is C16H18NO5+. The molecule has 0 heterocycles. The van der Waals surface area contributed by atoms with Crippen LogP contribution in [-0.4, -0.2) is 30.0 Å². The van der Waals surface area contributed by atoms with E-state index in [9.17, 15) is 4.91 Å². The molecule has 116 valence electrons. The first-order valence-electron chi connectivity index (χ1n) is 6.94.